The van der Waals surface area contributed by atoms with Gasteiger partial charge in [0.15, 0.2) is 0 Å². The predicted octanol–water partition coefficient (Wildman–Crippen LogP) is 3.04. The standard InChI is InChI=1S/C11H7Cl2N3O/c12-7-1-2-8(13)9(5-7)16-11(17)10-6-14-3-4-15-10/h1-6H,(H,16,17). The zero-order valence-electron chi connectivity index (χ0n) is 8.52. The molecule has 1 amide bonds. The summed E-state index contributed by atoms with van der Waals surface area (Å²) in [6.45, 7) is 0. The van der Waals surface area contributed by atoms with Gasteiger partial charge in [0.05, 0.1) is 16.9 Å². The molecule has 0 aliphatic rings. The molecule has 86 valence electrons. The van der Waals surface area contributed by atoms with E-state index < -0.39 is 0 Å². The molecule has 0 unspecified atom stereocenters. The summed E-state index contributed by atoms with van der Waals surface area (Å²) < 4.78 is 0. The zero-order chi connectivity index (χ0) is 12.3. The first-order chi connectivity index (χ1) is 8.16. The van der Waals surface area contributed by atoms with E-state index in [2.05, 4.69) is 15.3 Å². The summed E-state index contributed by atoms with van der Waals surface area (Å²) in [4.78, 5) is 19.4. The van der Waals surface area contributed by atoms with E-state index in [1.807, 2.05) is 0 Å². The molecule has 0 atom stereocenters. The number of hydrogen-bond acceptors (Lipinski definition) is 3. The van der Waals surface area contributed by atoms with E-state index in [1.54, 1.807) is 18.2 Å². The first kappa shape index (κ1) is 11.8. The van der Waals surface area contributed by atoms with Crippen molar-refractivity contribution in [2.75, 3.05) is 5.32 Å². The lowest BCUT2D eigenvalue weighted by Gasteiger charge is -2.06. The second-order valence-corrected chi connectivity index (χ2v) is 4.01. The molecule has 0 radical (unpaired) electrons. The van der Waals surface area contributed by atoms with Crippen molar-refractivity contribution in [3.63, 3.8) is 0 Å². The average Bonchev–Trinajstić information content (AvgIpc) is 2.35. The van der Waals surface area contributed by atoms with Crippen molar-refractivity contribution in [3.05, 3.63) is 52.5 Å². The Morgan fingerprint density at radius 2 is 2.06 bits per heavy atom. The number of carbonyl (C=O) groups is 1. The third-order valence-electron chi connectivity index (χ3n) is 1.97. The number of anilines is 1. The highest BCUT2D eigenvalue weighted by molar-refractivity contribution is 6.35. The molecule has 2 aromatic rings. The van der Waals surface area contributed by atoms with Gasteiger partial charge in [0.25, 0.3) is 5.91 Å². The Kier molecular flexibility index (Phi) is 3.56. The lowest BCUT2D eigenvalue weighted by Crippen LogP contribution is -2.14. The first-order valence-corrected chi connectivity index (χ1v) is 5.45. The molecule has 0 saturated heterocycles. The lowest BCUT2D eigenvalue weighted by atomic mass is 10.3. The maximum atomic E-state index is 11.8. The van der Waals surface area contributed by atoms with Gasteiger partial charge in [-0.05, 0) is 18.2 Å². The molecule has 0 fully saturated rings. The van der Waals surface area contributed by atoms with E-state index >= 15 is 0 Å². The Bertz CT molecular complexity index is 546. The highest BCUT2D eigenvalue weighted by Crippen LogP contribution is 2.25. The van der Waals surface area contributed by atoms with Gasteiger partial charge in [0.2, 0.25) is 0 Å². The third-order valence-corrected chi connectivity index (χ3v) is 2.54. The van der Waals surface area contributed by atoms with Crippen LogP contribution in [0.1, 0.15) is 10.5 Å². The Morgan fingerprint density at radius 1 is 1.24 bits per heavy atom. The van der Waals surface area contributed by atoms with Gasteiger partial charge in [0, 0.05) is 17.4 Å². The van der Waals surface area contributed by atoms with Crippen LogP contribution in [0.15, 0.2) is 36.8 Å². The highest BCUT2D eigenvalue weighted by Gasteiger charge is 2.09. The Morgan fingerprint density at radius 3 is 2.76 bits per heavy atom. The molecule has 0 saturated carbocycles. The number of benzene rings is 1. The second-order valence-electron chi connectivity index (χ2n) is 3.17. The van der Waals surface area contributed by atoms with Gasteiger partial charge < -0.3 is 5.32 Å². The van der Waals surface area contributed by atoms with Gasteiger partial charge in [-0.2, -0.15) is 0 Å². The van der Waals surface area contributed by atoms with Crippen LogP contribution in [0.25, 0.3) is 0 Å². The molecule has 0 spiro atoms. The largest absolute Gasteiger partial charge is 0.319 e. The molecule has 0 bridgehead atoms. The number of aromatic nitrogens is 2. The normalized spacial score (nSPS) is 10.0. The van der Waals surface area contributed by atoms with Crippen LogP contribution in [0.2, 0.25) is 10.0 Å². The number of rotatable bonds is 2. The highest BCUT2D eigenvalue weighted by atomic mass is 35.5. The molecule has 1 aromatic carbocycles. The number of halogens is 2. The summed E-state index contributed by atoms with van der Waals surface area (Å²) in [5, 5.41) is 3.51. The van der Waals surface area contributed by atoms with Crippen molar-refractivity contribution in [2.45, 2.75) is 0 Å². The van der Waals surface area contributed by atoms with E-state index in [0.717, 1.165) is 0 Å². The van der Waals surface area contributed by atoms with Gasteiger partial charge in [-0.25, -0.2) is 4.98 Å². The second kappa shape index (κ2) is 5.12. The quantitative estimate of drug-likeness (QED) is 0.910. The summed E-state index contributed by atoms with van der Waals surface area (Å²) in [6.07, 6.45) is 4.30. The van der Waals surface area contributed by atoms with Crippen molar-refractivity contribution in [1.29, 1.82) is 0 Å². The van der Waals surface area contributed by atoms with Gasteiger partial charge in [-0.3, -0.25) is 9.78 Å². The fraction of sp³-hybridized carbons (Fsp3) is 0. The first-order valence-electron chi connectivity index (χ1n) is 4.69. The van der Waals surface area contributed by atoms with Crippen molar-refractivity contribution in [1.82, 2.24) is 9.97 Å². The molecule has 2 rings (SSSR count). The van der Waals surface area contributed by atoms with Crippen LogP contribution < -0.4 is 5.32 Å². The van der Waals surface area contributed by atoms with E-state index in [4.69, 9.17) is 23.2 Å². The van der Waals surface area contributed by atoms with Crippen LogP contribution in [0.4, 0.5) is 5.69 Å². The minimum absolute atomic E-state index is 0.212. The lowest BCUT2D eigenvalue weighted by molar-refractivity contribution is 0.102. The van der Waals surface area contributed by atoms with Crippen LogP contribution in [0, 0.1) is 0 Å². The third kappa shape index (κ3) is 2.93. The summed E-state index contributed by atoms with van der Waals surface area (Å²) in [5.74, 6) is -0.387. The Balaban J connectivity index is 2.22. The number of carbonyl (C=O) groups excluding carboxylic acids is 1. The monoisotopic (exact) mass is 267 g/mol. The molecule has 4 nitrogen and oxygen atoms in total. The molecular formula is C11H7Cl2N3O. The Hall–Kier alpha value is -1.65. The fourth-order valence-electron chi connectivity index (χ4n) is 1.20. The van der Waals surface area contributed by atoms with Gasteiger partial charge >= 0.3 is 0 Å². The minimum atomic E-state index is -0.387. The van der Waals surface area contributed by atoms with Crippen LogP contribution >= 0.6 is 23.2 Å². The molecule has 1 heterocycles. The van der Waals surface area contributed by atoms with Crippen molar-refractivity contribution < 1.29 is 4.79 Å². The minimum Gasteiger partial charge on any atom is -0.319 e. The molecule has 0 aliphatic carbocycles. The smallest absolute Gasteiger partial charge is 0.275 e. The summed E-state index contributed by atoms with van der Waals surface area (Å²) in [7, 11) is 0. The maximum Gasteiger partial charge on any atom is 0.275 e. The van der Waals surface area contributed by atoms with Crippen molar-refractivity contribution >= 4 is 34.8 Å². The average molecular weight is 268 g/mol. The van der Waals surface area contributed by atoms with Crippen LogP contribution in [-0.2, 0) is 0 Å². The molecule has 17 heavy (non-hydrogen) atoms. The summed E-state index contributed by atoms with van der Waals surface area (Å²) in [6, 6.07) is 4.82. The molecule has 1 aromatic heterocycles. The van der Waals surface area contributed by atoms with Crippen LogP contribution in [0.3, 0.4) is 0 Å². The molecular weight excluding hydrogens is 261 g/mol. The molecule has 1 N–H and O–H groups in total. The summed E-state index contributed by atoms with van der Waals surface area (Å²) >= 11 is 11.7. The van der Waals surface area contributed by atoms with E-state index in [0.29, 0.717) is 15.7 Å². The SMILES string of the molecule is O=C(Nc1cc(Cl)ccc1Cl)c1cnccn1. The Labute approximate surface area is 108 Å². The number of nitrogens with zero attached hydrogens (tertiary/aromatic N) is 2. The molecule has 6 heteroatoms. The van der Waals surface area contributed by atoms with Crippen molar-refractivity contribution in [3.8, 4) is 0 Å². The van der Waals surface area contributed by atoms with Crippen molar-refractivity contribution in [2.24, 2.45) is 0 Å². The van der Waals surface area contributed by atoms with Crippen LogP contribution in [-0.4, -0.2) is 15.9 Å². The van der Waals surface area contributed by atoms with Gasteiger partial charge in [-0.15, -0.1) is 0 Å². The number of nitrogens with one attached hydrogen (secondary N) is 1. The van der Waals surface area contributed by atoms with E-state index in [-0.39, 0.29) is 11.6 Å². The summed E-state index contributed by atoms with van der Waals surface area (Å²) in [5.41, 5.74) is 0.651. The number of amides is 1. The van der Waals surface area contributed by atoms with E-state index in [9.17, 15) is 4.79 Å². The van der Waals surface area contributed by atoms with E-state index in [1.165, 1.54) is 18.6 Å². The van der Waals surface area contributed by atoms with Gasteiger partial charge in [0.1, 0.15) is 5.69 Å². The molecule has 0 aliphatic heterocycles. The fourth-order valence-corrected chi connectivity index (χ4v) is 1.53. The van der Waals surface area contributed by atoms with Gasteiger partial charge in [-0.1, -0.05) is 23.2 Å². The predicted molar refractivity (Wildman–Crippen MR) is 66.4 cm³/mol. The topological polar surface area (TPSA) is 54.9 Å². The maximum absolute atomic E-state index is 11.8. The number of hydrogen-bond donors (Lipinski definition) is 1. The zero-order valence-corrected chi connectivity index (χ0v) is 10.0. The van der Waals surface area contributed by atoms with Crippen LogP contribution in [0.5, 0.6) is 0 Å².